The molecule has 2 heterocycles. The fourth-order valence-corrected chi connectivity index (χ4v) is 2.83. The summed E-state index contributed by atoms with van der Waals surface area (Å²) in [6.07, 6.45) is 2.07. The Balaban J connectivity index is 2.23. The molecule has 1 amide bonds. The summed E-state index contributed by atoms with van der Waals surface area (Å²) in [7, 11) is 0. The molecule has 0 fully saturated rings. The van der Waals surface area contributed by atoms with Crippen molar-refractivity contribution in [2.75, 3.05) is 11.4 Å². The van der Waals surface area contributed by atoms with Gasteiger partial charge in [-0.15, -0.1) is 11.3 Å². The van der Waals surface area contributed by atoms with Crippen molar-refractivity contribution in [3.8, 4) is 0 Å². The van der Waals surface area contributed by atoms with Crippen LogP contribution in [0, 0.1) is 5.92 Å². The highest BCUT2D eigenvalue weighted by molar-refractivity contribution is 7.14. The Morgan fingerprint density at radius 1 is 1.31 bits per heavy atom. The molecule has 0 radical (unpaired) electrons. The summed E-state index contributed by atoms with van der Waals surface area (Å²) in [6.45, 7) is 4.90. The quantitative estimate of drug-likeness (QED) is 0.755. The molecule has 0 saturated carbocycles. The van der Waals surface area contributed by atoms with Gasteiger partial charge >= 0.3 is 0 Å². The lowest BCUT2D eigenvalue weighted by atomic mass is 10.0. The van der Waals surface area contributed by atoms with Crippen molar-refractivity contribution in [1.29, 1.82) is 0 Å². The summed E-state index contributed by atoms with van der Waals surface area (Å²) in [5.41, 5.74) is 0.812. The van der Waals surface area contributed by atoms with Gasteiger partial charge in [-0.3, -0.25) is 9.59 Å². The Morgan fingerprint density at radius 3 is 2.62 bits per heavy atom. The Kier molecular flexibility index (Phi) is 3.10. The van der Waals surface area contributed by atoms with Crippen molar-refractivity contribution in [2.45, 2.75) is 26.7 Å². The summed E-state index contributed by atoms with van der Waals surface area (Å²) in [4.78, 5) is 25.7. The number of nitrogens with zero attached hydrogens (tertiary/aromatic N) is 1. The smallest absolute Gasteiger partial charge is 0.300 e. The maximum absolute atomic E-state index is 11.8. The van der Waals surface area contributed by atoms with Crippen LogP contribution in [0.5, 0.6) is 0 Å². The molecule has 0 atom stereocenters. The maximum Gasteiger partial charge on any atom is 0.300 e. The molecule has 1 aromatic heterocycles. The van der Waals surface area contributed by atoms with E-state index in [4.69, 9.17) is 0 Å². The summed E-state index contributed by atoms with van der Waals surface area (Å²) in [5, 5.41) is 1.87. The molecule has 86 valence electrons. The molecule has 4 heteroatoms. The minimum Gasteiger partial charge on any atom is -0.304 e. The largest absolute Gasteiger partial charge is 0.304 e. The number of amides is 1. The number of anilines is 1. The molecule has 0 unspecified atom stereocenters. The summed E-state index contributed by atoms with van der Waals surface area (Å²) in [6, 6.07) is 1.87. The molecule has 0 bridgehead atoms. The molecule has 1 aliphatic heterocycles. The molecule has 1 aromatic rings. The summed E-state index contributed by atoms with van der Waals surface area (Å²) >= 11 is 1.36. The number of thiophene rings is 1. The van der Waals surface area contributed by atoms with Crippen molar-refractivity contribution in [3.63, 3.8) is 0 Å². The molecule has 2 rings (SSSR count). The third-order valence-corrected chi connectivity index (χ3v) is 4.08. The topological polar surface area (TPSA) is 37.4 Å². The van der Waals surface area contributed by atoms with E-state index in [-0.39, 0.29) is 11.7 Å². The van der Waals surface area contributed by atoms with Crippen molar-refractivity contribution >= 4 is 28.7 Å². The monoisotopic (exact) mass is 237 g/mol. The molecule has 0 aliphatic carbocycles. The van der Waals surface area contributed by atoms with Crippen LogP contribution in [0.3, 0.4) is 0 Å². The highest BCUT2D eigenvalue weighted by Crippen LogP contribution is 2.34. The SMILES string of the molecule is CCC(CC)CN1C(=O)C(=O)c2sccc21. The van der Waals surface area contributed by atoms with E-state index in [1.165, 1.54) is 11.3 Å². The predicted octanol–water partition coefficient (Wildman–Crippen LogP) is 2.71. The first-order chi connectivity index (χ1) is 7.69. The van der Waals surface area contributed by atoms with E-state index in [1.54, 1.807) is 4.90 Å². The molecular weight excluding hydrogens is 222 g/mol. The number of Topliss-reactive ketones (excluding diaryl/α,β-unsaturated/α-hetero) is 1. The lowest BCUT2D eigenvalue weighted by molar-refractivity contribution is -0.114. The maximum atomic E-state index is 11.8. The van der Waals surface area contributed by atoms with E-state index in [1.807, 2.05) is 11.4 Å². The Bertz CT molecular complexity index is 420. The predicted molar refractivity (Wildman–Crippen MR) is 65.1 cm³/mol. The van der Waals surface area contributed by atoms with Crippen LogP contribution in [0.15, 0.2) is 11.4 Å². The van der Waals surface area contributed by atoms with Gasteiger partial charge in [-0.25, -0.2) is 0 Å². The van der Waals surface area contributed by atoms with Crippen molar-refractivity contribution in [3.05, 3.63) is 16.3 Å². The molecular formula is C12H15NO2S. The normalized spacial score (nSPS) is 15.1. The Hall–Kier alpha value is -1.16. The van der Waals surface area contributed by atoms with Gasteiger partial charge in [0.05, 0.1) is 5.69 Å². The van der Waals surface area contributed by atoms with Gasteiger partial charge < -0.3 is 4.90 Å². The summed E-state index contributed by atoms with van der Waals surface area (Å²) < 4.78 is 0. The molecule has 0 saturated heterocycles. The Morgan fingerprint density at radius 2 is 2.00 bits per heavy atom. The second-order valence-electron chi connectivity index (χ2n) is 4.06. The average molecular weight is 237 g/mol. The van der Waals surface area contributed by atoms with Crippen LogP contribution in [0.1, 0.15) is 36.4 Å². The van der Waals surface area contributed by atoms with E-state index < -0.39 is 0 Å². The first-order valence-corrected chi connectivity index (χ1v) is 6.50. The van der Waals surface area contributed by atoms with E-state index in [9.17, 15) is 9.59 Å². The molecule has 3 nitrogen and oxygen atoms in total. The van der Waals surface area contributed by atoms with E-state index >= 15 is 0 Å². The third kappa shape index (κ3) is 1.67. The molecule has 1 aliphatic rings. The van der Waals surface area contributed by atoms with Gasteiger partial charge in [-0.2, -0.15) is 0 Å². The number of carbonyl (C=O) groups is 2. The standard InChI is InChI=1S/C12H15NO2S/c1-3-8(4-2)7-13-9-5-6-16-11(9)10(14)12(13)15/h5-6,8H,3-4,7H2,1-2H3. The van der Waals surface area contributed by atoms with Crippen LogP contribution in [0.25, 0.3) is 0 Å². The first kappa shape index (κ1) is 11.3. The van der Waals surface area contributed by atoms with Crippen molar-refractivity contribution in [2.24, 2.45) is 5.92 Å². The number of fused-ring (bicyclic) bond motifs is 1. The second-order valence-corrected chi connectivity index (χ2v) is 4.98. The van der Waals surface area contributed by atoms with Crippen LogP contribution in [0.4, 0.5) is 5.69 Å². The van der Waals surface area contributed by atoms with Gasteiger partial charge in [0.2, 0.25) is 0 Å². The lowest BCUT2D eigenvalue weighted by Crippen LogP contribution is -2.34. The number of hydrogen-bond donors (Lipinski definition) is 0. The van der Waals surface area contributed by atoms with Crippen LogP contribution in [-0.4, -0.2) is 18.2 Å². The third-order valence-electron chi connectivity index (χ3n) is 3.18. The van der Waals surface area contributed by atoms with Crippen LogP contribution < -0.4 is 4.90 Å². The first-order valence-electron chi connectivity index (χ1n) is 5.62. The van der Waals surface area contributed by atoms with Gasteiger partial charge in [0.1, 0.15) is 4.88 Å². The van der Waals surface area contributed by atoms with Crippen LogP contribution in [-0.2, 0) is 4.79 Å². The van der Waals surface area contributed by atoms with E-state index in [0.717, 1.165) is 18.5 Å². The van der Waals surface area contributed by atoms with Gasteiger partial charge in [-0.05, 0) is 17.4 Å². The molecule has 0 spiro atoms. The van der Waals surface area contributed by atoms with E-state index in [0.29, 0.717) is 17.3 Å². The average Bonchev–Trinajstić information content (AvgIpc) is 2.84. The zero-order valence-corrected chi connectivity index (χ0v) is 10.3. The minimum atomic E-state index is -0.353. The zero-order valence-electron chi connectivity index (χ0n) is 9.53. The van der Waals surface area contributed by atoms with Gasteiger partial charge in [0, 0.05) is 6.54 Å². The second kappa shape index (κ2) is 4.37. The van der Waals surface area contributed by atoms with Gasteiger partial charge in [0.25, 0.3) is 11.7 Å². The highest BCUT2D eigenvalue weighted by atomic mass is 32.1. The van der Waals surface area contributed by atoms with Crippen molar-refractivity contribution in [1.82, 2.24) is 0 Å². The fourth-order valence-electron chi connectivity index (χ4n) is 2.00. The van der Waals surface area contributed by atoms with Gasteiger partial charge in [0.15, 0.2) is 0 Å². The molecule has 0 aromatic carbocycles. The molecule has 0 N–H and O–H groups in total. The van der Waals surface area contributed by atoms with Crippen molar-refractivity contribution < 1.29 is 9.59 Å². The number of carbonyl (C=O) groups excluding carboxylic acids is 2. The van der Waals surface area contributed by atoms with Crippen LogP contribution in [0.2, 0.25) is 0 Å². The zero-order chi connectivity index (χ0) is 11.7. The highest BCUT2D eigenvalue weighted by Gasteiger charge is 2.37. The number of rotatable bonds is 4. The van der Waals surface area contributed by atoms with Gasteiger partial charge in [-0.1, -0.05) is 26.7 Å². The number of hydrogen-bond acceptors (Lipinski definition) is 3. The lowest BCUT2D eigenvalue weighted by Gasteiger charge is -2.21. The number of ketones is 1. The summed E-state index contributed by atoms with van der Waals surface area (Å²) in [5.74, 6) is -0.215. The molecule has 16 heavy (non-hydrogen) atoms. The van der Waals surface area contributed by atoms with E-state index in [2.05, 4.69) is 13.8 Å². The van der Waals surface area contributed by atoms with Crippen LogP contribution >= 0.6 is 11.3 Å². The Labute approximate surface area is 99.1 Å². The minimum absolute atomic E-state index is 0.337. The fraction of sp³-hybridized carbons (Fsp3) is 0.500.